The highest BCUT2D eigenvalue weighted by molar-refractivity contribution is 6.19. The third-order valence-corrected chi connectivity index (χ3v) is 10.5. The summed E-state index contributed by atoms with van der Waals surface area (Å²) in [7, 11) is 0. The molecule has 0 unspecified atom stereocenters. The van der Waals surface area contributed by atoms with Crippen molar-refractivity contribution in [1.82, 2.24) is 24.1 Å². The molecule has 8 aromatic carbocycles. The minimum absolute atomic E-state index is 0.628. The fourth-order valence-electron chi connectivity index (χ4n) is 8.03. The molecule has 3 aromatic heterocycles. The number of rotatable bonds is 5. The Morgan fingerprint density at radius 1 is 0.278 bits per heavy atom. The monoisotopic (exact) mass is 689 g/mol. The van der Waals surface area contributed by atoms with E-state index in [4.69, 9.17) is 15.0 Å². The smallest absolute Gasteiger partial charge is 0.164 e. The average Bonchev–Trinajstić information content (AvgIpc) is 3.75. The van der Waals surface area contributed by atoms with E-state index in [2.05, 4.69) is 167 Å². The van der Waals surface area contributed by atoms with Crippen LogP contribution in [0.4, 0.5) is 0 Å². The maximum Gasteiger partial charge on any atom is 0.164 e. The largest absolute Gasteiger partial charge is 0.309 e. The first-order valence-electron chi connectivity index (χ1n) is 18.2. The number of nitrogens with zero attached hydrogens (tertiary/aromatic N) is 5. The van der Waals surface area contributed by atoms with Crippen molar-refractivity contribution >= 4 is 54.4 Å². The topological polar surface area (TPSA) is 48.5 Å². The second kappa shape index (κ2) is 12.1. The Labute approximate surface area is 311 Å². The van der Waals surface area contributed by atoms with E-state index in [1.54, 1.807) is 0 Å². The quantitative estimate of drug-likeness (QED) is 0.181. The maximum absolute atomic E-state index is 5.13. The zero-order valence-corrected chi connectivity index (χ0v) is 29.1. The lowest BCUT2D eigenvalue weighted by Gasteiger charge is -2.12. The van der Waals surface area contributed by atoms with Crippen LogP contribution in [-0.2, 0) is 0 Å². The molecule has 0 aliphatic heterocycles. The summed E-state index contributed by atoms with van der Waals surface area (Å²) in [6, 6.07) is 66.3. The number of aromatic nitrogens is 5. The molecule has 0 aliphatic rings. The van der Waals surface area contributed by atoms with Gasteiger partial charge in [0.2, 0.25) is 0 Å². The molecule has 0 atom stereocenters. The van der Waals surface area contributed by atoms with Crippen molar-refractivity contribution in [1.29, 1.82) is 0 Å². The number of fused-ring (bicyclic) bond motifs is 7. The van der Waals surface area contributed by atoms with Gasteiger partial charge in [0.25, 0.3) is 0 Å². The fraction of sp³-hybridized carbons (Fsp3) is 0. The average molecular weight is 690 g/mol. The van der Waals surface area contributed by atoms with Crippen LogP contribution in [0.15, 0.2) is 188 Å². The van der Waals surface area contributed by atoms with Crippen molar-refractivity contribution < 1.29 is 0 Å². The van der Waals surface area contributed by atoms with Gasteiger partial charge in [-0.05, 0) is 65.4 Å². The zero-order valence-electron chi connectivity index (χ0n) is 29.1. The lowest BCUT2D eigenvalue weighted by molar-refractivity contribution is 1.07. The minimum Gasteiger partial charge on any atom is -0.309 e. The number of para-hydroxylation sites is 3. The van der Waals surface area contributed by atoms with Crippen molar-refractivity contribution in [2.75, 3.05) is 0 Å². The lowest BCUT2D eigenvalue weighted by atomic mass is 10.1. The van der Waals surface area contributed by atoms with Crippen molar-refractivity contribution in [3.05, 3.63) is 188 Å². The van der Waals surface area contributed by atoms with Crippen LogP contribution in [0.2, 0.25) is 0 Å². The summed E-state index contributed by atoms with van der Waals surface area (Å²) >= 11 is 0. The zero-order chi connectivity index (χ0) is 35.6. The highest BCUT2D eigenvalue weighted by atomic mass is 15.0. The summed E-state index contributed by atoms with van der Waals surface area (Å²) in [5.41, 5.74) is 9.67. The summed E-state index contributed by atoms with van der Waals surface area (Å²) in [4.78, 5) is 15.2. The first kappa shape index (κ1) is 30.3. The molecule has 3 heterocycles. The minimum atomic E-state index is 0.628. The van der Waals surface area contributed by atoms with Crippen LogP contribution in [0.3, 0.4) is 0 Å². The molecule has 11 aromatic rings. The van der Waals surface area contributed by atoms with Crippen LogP contribution in [0, 0.1) is 0 Å². The maximum atomic E-state index is 5.13. The molecule has 0 N–H and O–H groups in total. The SMILES string of the molecule is c1ccc(-c2nc(-c3cccc(-n4c5ccccc5c5cc6c(cc54)c4ccccc4n6-c4ccccc4)c3)nc(-c3ccc4ccccc4c3)n2)cc1. The van der Waals surface area contributed by atoms with Crippen LogP contribution in [-0.4, -0.2) is 24.1 Å². The van der Waals surface area contributed by atoms with Gasteiger partial charge >= 0.3 is 0 Å². The van der Waals surface area contributed by atoms with Crippen LogP contribution in [0.5, 0.6) is 0 Å². The molecule has 0 bridgehead atoms. The third kappa shape index (κ3) is 4.83. The Morgan fingerprint density at radius 3 is 1.43 bits per heavy atom. The summed E-state index contributed by atoms with van der Waals surface area (Å²) in [6.45, 7) is 0. The molecule has 5 heteroatoms. The van der Waals surface area contributed by atoms with Gasteiger partial charge in [0.05, 0.1) is 22.1 Å². The van der Waals surface area contributed by atoms with E-state index < -0.39 is 0 Å². The van der Waals surface area contributed by atoms with Crippen molar-refractivity contribution in [2.24, 2.45) is 0 Å². The van der Waals surface area contributed by atoms with E-state index in [0.717, 1.165) is 44.5 Å². The van der Waals surface area contributed by atoms with E-state index in [0.29, 0.717) is 17.5 Å². The van der Waals surface area contributed by atoms with Crippen LogP contribution >= 0.6 is 0 Å². The molecule has 54 heavy (non-hydrogen) atoms. The van der Waals surface area contributed by atoms with Crippen LogP contribution in [0.1, 0.15) is 0 Å². The normalized spacial score (nSPS) is 11.7. The van der Waals surface area contributed by atoms with Gasteiger partial charge in [0.1, 0.15) is 0 Å². The molecule has 0 amide bonds. The van der Waals surface area contributed by atoms with E-state index >= 15 is 0 Å². The molecule has 0 saturated heterocycles. The lowest BCUT2D eigenvalue weighted by Crippen LogP contribution is -2.01. The Kier molecular flexibility index (Phi) is 6.79. The predicted octanol–water partition coefficient (Wildman–Crippen LogP) is 12.2. The fourth-order valence-corrected chi connectivity index (χ4v) is 8.03. The predicted molar refractivity (Wildman–Crippen MR) is 222 cm³/mol. The number of hydrogen-bond acceptors (Lipinski definition) is 3. The molecule has 0 radical (unpaired) electrons. The highest BCUT2D eigenvalue weighted by Crippen LogP contribution is 2.40. The first-order valence-corrected chi connectivity index (χ1v) is 18.2. The van der Waals surface area contributed by atoms with E-state index in [-0.39, 0.29) is 0 Å². The van der Waals surface area contributed by atoms with Crippen molar-refractivity contribution in [3.63, 3.8) is 0 Å². The second-order valence-corrected chi connectivity index (χ2v) is 13.7. The Bertz CT molecular complexity index is 3210. The highest BCUT2D eigenvalue weighted by Gasteiger charge is 2.19. The van der Waals surface area contributed by atoms with Crippen molar-refractivity contribution in [3.8, 4) is 45.5 Å². The molecule has 0 fully saturated rings. The number of hydrogen-bond donors (Lipinski definition) is 0. The van der Waals surface area contributed by atoms with Gasteiger partial charge in [-0.3, -0.25) is 0 Å². The summed E-state index contributed by atoms with van der Waals surface area (Å²) in [6.07, 6.45) is 0. The Balaban J connectivity index is 1.13. The van der Waals surface area contributed by atoms with Gasteiger partial charge in [-0.25, -0.2) is 15.0 Å². The molecule has 0 aliphatic carbocycles. The van der Waals surface area contributed by atoms with Gasteiger partial charge in [0.15, 0.2) is 17.5 Å². The van der Waals surface area contributed by atoms with Gasteiger partial charge in [-0.15, -0.1) is 0 Å². The molecule has 0 spiro atoms. The first-order chi connectivity index (χ1) is 26.8. The number of benzene rings is 8. The summed E-state index contributed by atoms with van der Waals surface area (Å²) in [5.74, 6) is 1.91. The molecule has 0 saturated carbocycles. The van der Waals surface area contributed by atoms with Crippen molar-refractivity contribution in [2.45, 2.75) is 0 Å². The summed E-state index contributed by atoms with van der Waals surface area (Å²) < 4.78 is 4.76. The van der Waals surface area contributed by atoms with E-state index in [1.807, 2.05) is 30.3 Å². The summed E-state index contributed by atoms with van der Waals surface area (Å²) in [5, 5.41) is 7.17. The molecule has 252 valence electrons. The molecular formula is C49H31N5. The van der Waals surface area contributed by atoms with E-state index in [1.165, 1.54) is 38.0 Å². The Morgan fingerprint density at radius 2 is 0.759 bits per heavy atom. The van der Waals surface area contributed by atoms with Gasteiger partial charge in [-0.1, -0.05) is 133 Å². The van der Waals surface area contributed by atoms with Crippen LogP contribution < -0.4 is 0 Å². The van der Waals surface area contributed by atoms with E-state index in [9.17, 15) is 0 Å². The second-order valence-electron chi connectivity index (χ2n) is 13.7. The Hall–Kier alpha value is -7.37. The molecular weight excluding hydrogens is 659 g/mol. The molecule has 5 nitrogen and oxygen atoms in total. The van der Waals surface area contributed by atoms with Crippen LogP contribution in [0.25, 0.3) is 99.9 Å². The standard InChI is InChI=1S/C49H31N5/c1-3-15-33(16-4-1)47-50-48(52-49(51-47)36-27-26-32-14-7-8-17-34(32)28-36)35-18-13-21-38(29-35)54-44-25-12-10-23-40(44)42-30-45-41(31-46(42)54)39-22-9-11-24-43(39)53(45)37-19-5-2-6-20-37/h1-31H. The van der Waals surface area contributed by atoms with Gasteiger partial charge in [0, 0.05) is 49.6 Å². The third-order valence-electron chi connectivity index (χ3n) is 10.5. The van der Waals surface area contributed by atoms with Gasteiger partial charge < -0.3 is 9.13 Å². The van der Waals surface area contributed by atoms with Gasteiger partial charge in [-0.2, -0.15) is 0 Å². The molecule has 11 rings (SSSR count).